The van der Waals surface area contributed by atoms with Gasteiger partial charge in [0.1, 0.15) is 18.3 Å². The normalized spacial score (nSPS) is 17.7. The van der Waals surface area contributed by atoms with Gasteiger partial charge in [-0.3, -0.25) is 19.6 Å². The lowest BCUT2D eigenvalue weighted by molar-refractivity contribution is -0.107. The number of aromatic amines is 1. The molecule has 0 aliphatic carbocycles. The standard InChI is InChI=1S/C48H56FN11O4/c1-30-24-33(8-14-37(30)31(2)54-43(62)44-56-45(57-64-44)47(3,4)5)41-38-25-40(55-42(38)53-29-52-41)39-15-9-34(26-51-39)48(49)18-22-58(28-48)27-32-16-20-59(21-17-32)35-10-12-36(13-11-35)60(19-7-23-61)46(63)50-6/h8-15,23-26,29,31-32H,7,16-22,27-28H2,1-6H3,(H,50,63)(H,54,62)(H,52,53,55)/t31-,48?/m1/s1. The number of likely N-dealkylation sites (tertiary alicyclic amines) is 1. The van der Waals surface area contributed by atoms with E-state index in [1.165, 1.54) is 6.33 Å². The van der Waals surface area contributed by atoms with E-state index >= 15 is 4.39 Å². The van der Waals surface area contributed by atoms with E-state index in [0.717, 1.165) is 83.6 Å². The molecule has 0 bridgehead atoms. The third kappa shape index (κ3) is 9.37. The van der Waals surface area contributed by atoms with Crippen LogP contribution >= 0.6 is 0 Å². The van der Waals surface area contributed by atoms with E-state index in [2.05, 4.69) is 45.5 Å². The molecule has 6 heterocycles. The average Bonchev–Trinajstić information content (AvgIpc) is 4.07. The van der Waals surface area contributed by atoms with Crippen molar-refractivity contribution >= 4 is 40.6 Å². The summed E-state index contributed by atoms with van der Waals surface area (Å²) in [6.07, 6.45) is 6.73. The predicted molar refractivity (Wildman–Crippen MR) is 244 cm³/mol. The number of halogens is 1. The zero-order valence-corrected chi connectivity index (χ0v) is 37.3. The zero-order valence-electron chi connectivity index (χ0n) is 37.3. The highest BCUT2D eigenvalue weighted by Crippen LogP contribution is 2.38. The number of piperidine rings is 1. The second-order valence-electron chi connectivity index (χ2n) is 18.1. The number of nitrogens with zero attached hydrogens (tertiary/aromatic N) is 8. The molecule has 3 N–H and O–H groups in total. The van der Waals surface area contributed by atoms with Crippen LogP contribution in [0, 0.1) is 12.8 Å². The molecule has 2 atom stereocenters. The smallest absolute Gasteiger partial charge is 0.321 e. The number of carbonyl (C=O) groups is 3. The number of aromatic nitrogens is 6. The van der Waals surface area contributed by atoms with Gasteiger partial charge in [-0.05, 0) is 92.6 Å². The summed E-state index contributed by atoms with van der Waals surface area (Å²) in [5, 5.41) is 10.4. The van der Waals surface area contributed by atoms with Gasteiger partial charge in [0.2, 0.25) is 0 Å². The first-order valence-electron chi connectivity index (χ1n) is 22.0. The Bertz CT molecular complexity index is 2620. The molecule has 0 radical (unpaired) electrons. The minimum atomic E-state index is -1.48. The van der Waals surface area contributed by atoms with Crippen LogP contribution in [0.15, 0.2) is 77.7 Å². The number of pyridine rings is 1. The quantitative estimate of drug-likeness (QED) is 0.0970. The molecule has 4 aromatic heterocycles. The molecule has 16 heteroatoms. The first kappa shape index (κ1) is 44.1. The fourth-order valence-corrected chi connectivity index (χ4v) is 8.88. The van der Waals surface area contributed by atoms with E-state index < -0.39 is 11.6 Å². The number of nitrogens with one attached hydrogen (secondary N) is 3. The largest absolute Gasteiger partial charge is 0.372 e. The summed E-state index contributed by atoms with van der Waals surface area (Å²) in [5.74, 6) is 0.444. The maximum Gasteiger partial charge on any atom is 0.321 e. The van der Waals surface area contributed by atoms with Crippen molar-refractivity contribution in [2.24, 2.45) is 5.92 Å². The van der Waals surface area contributed by atoms with Crippen LogP contribution in [0.25, 0.3) is 33.7 Å². The van der Waals surface area contributed by atoms with Gasteiger partial charge in [0.25, 0.3) is 0 Å². The number of H-pyrrole nitrogens is 1. The first-order valence-corrected chi connectivity index (χ1v) is 22.0. The van der Waals surface area contributed by atoms with E-state index in [1.807, 2.05) is 95.3 Å². The van der Waals surface area contributed by atoms with Crippen molar-refractivity contribution in [1.29, 1.82) is 0 Å². The molecule has 334 valence electrons. The van der Waals surface area contributed by atoms with Gasteiger partial charge in [-0.2, -0.15) is 4.98 Å². The highest BCUT2D eigenvalue weighted by Gasteiger charge is 2.41. The number of urea groups is 1. The van der Waals surface area contributed by atoms with E-state index in [-0.39, 0.29) is 29.8 Å². The molecule has 0 saturated carbocycles. The predicted octanol–water partition coefficient (Wildman–Crippen LogP) is 7.69. The summed E-state index contributed by atoms with van der Waals surface area (Å²) in [6, 6.07) is 19.1. The van der Waals surface area contributed by atoms with Crippen molar-refractivity contribution in [1.82, 2.24) is 45.6 Å². The molecule has 64 heavy (non-hydrogen) atoms. The maximum atomic E-state index is 16.6. The second kappa shape index (κ2) is 18.3. The summed E-state index contributed by atoms with van der Waals surface area (Å²) in [6.45, 7) is 13.8. The number of alkyl halides is 1. The number of aryl methyl sites for hydroxylation is 1. The van der Waals surface area contributed by atoms with Gasteiger partial charge < -0.3 is 29.8 Å². The van der Waals surface area contributed by atoms with Gasteiger partial charge in [-0.25, -0.2) is 19.2 Å². The van der Waals surface area contributed by atoms with Crippen LogP contribution in [0.5, 0.6) is 0 Å². The highest BCUT2D eigenvalue weighted by molar-refractivity contribution is 5.94. The summed E-state index contributed by atoms with van der Waals surface area (Å²) >= 11 is 0. The van der Waals surface area contributed by atoms with Crippen LogP contribution in [0.2, 0.25) is 0 Å². The highest BCUT2D eigenvalue weighted by atomic mass is 19.1. The Labute approximate surface area is 372 Å². The fourth-order valence-electron chi connectivity index (χ4n) is 8.88. The SMILES string of the molecule is CNC(=O)N(CCC=O)c1ccc(N2CCC(CN3CCC(F)(c4ccc(-c5cc6c(-c7ccc([C@@H](C)NC(=O)c8nc(C(C)(C)C)no8)c(C)c7)ncnc6[nH]5)nc4)C3)CC2)cc1. The number of fused-ring (bicyclic) bond motifs is 1. The topological polar surface area (TPSA) is 178 Å². The third-order valence-electron chi connectivity index (χ3n) is 12.5. The molecule has 2 saturated heterocycles. The molecule has 15 nitrogen and oxygen atoms in total. The van der Waals surface area contributed by atoms with Crippen molar-refractivity contribution in [2.75, 3.05) is 56.1 Å². The molecular formula is C48H56FN11O4. The number of benzene rings is 2. The number of aldehydes is 1. The monoisotopic (exact) mass is 869 g/mol. The van der Waals surface area contributed by atoms with Crippen LogP contribution in [-0.4, -0.2) is 99.5 Å². The Kier molecular flexibility index (Phi) is 12.6. The number of hydrogen-bond acceptors (Lipinski definition) is 11. The van der Waals surface area contributed by atoms with E-state index in [1.54, 1.807) is 18.1 Å². The Morgan fingerprint density at radius 3 is 2.50 bits per heavy atom. The Morgan fingerprint density at radius 1 is 1.05 bits per heavy atom. The molecule has 2 aliphatic rings. The van der Waals surface area contributed by atoms with Crippen LogP contribution in [0.3, 0.4) is 0 Å². The number of carbonyl (C=O) groups excluding carboxylic acids is 3. The van der Waals surface area contributed by atoms with Crippen molar-refractivity contribution in [3.05, 3.63) is 102 Å². The lowest BCUT2D eigenvalue weighted by Gasteiger charge is -2.35. The van der Waals surface area contributed by atoms with Crippen LogP contribution in [0.4, 0.5) is 20.6 Å². The molecular weight excluding hydrogens is 814 g/mol. The van der Waals surface area contributed by atoms with Gasteiger partial charge in [0, 0.05) is 92.2 Å². The van der Waals surface area contributed by atoms with E-state index in [0.29, 0.717) is 54.7 Å². The Hall–Kier alpha value is -6.55. The van der Waals surface area contributed by atoms with Crippen LogP contribution < -0.4 is 20.4 Å². The molecule has 6 aromatic rings. The zero-order chi connectivity index (χ0) is 45.2. The molecule has 3 amide bonds. The Balaban J connectivity index is 0.866. The van der Waals surface area contributed by atoms with Crippen molar-refractivity contribution < 1.29 is 23.3 Å². The summed E-state index contributed by atoms with van der Waals surface area (Å²) < 4.78 is 21.8. The molecule has 8 rings (SSSR count). The fraction of sp³-hybridized carbons (Fsp3) is 0.417. The number of anilines is 2. The second-order valence-corrected chi connectivity index (χ2v) is 18.1. The molecule has 1 unspecified atom stereocenters. The summed E-state index contributed by atoms with van der Waals surface area (Å²) in [5.41, 5.74) is 6.29. The van der Waals surface area contributed by atoms with Gasteiger partial charge in [0.15, 0.2) is 11.5 Å². The minimum Gasteiger partial charge on any atom is -0.372 e. The van der Waals surface area contributed by atoms with Crippen LogP contribution in [0.1, 0.15) is 92.6 Å². The molecule has 2 fully saturated rings. The summed E-state index contributed by atoms with van der Waals surface area (Å²) in [4.78, 5) is 64.0. The first-order chi connectivity index (χ1) is 30.7. The molecule has 2 aliphatic heterocycles. The maximum absolute atomic E-state index is 16.6. The Morgan fingerprint density at radius 2 is 1.83 bits per heavy atom. The van der Waals surface area contributed by atoms with Crippen LogP contribution in [-0.2, 0) is 15.9 Å². The van der Waals surface area contributed by atoms with Gasteiger partial charge in [-0.15, -0.1) is 0 Å². The lowest BCUT2D eigenvalue weighted by atomic mass is 9.95. The van der Waals surface area contributed by atoms with Crippen molar-refractivity contribution in [3.63, 3.8) is 0 Å². The lowest BCUT2D eigenvalue weighted by Crippen LogP contribution is -2.39. The number of hydrogen-bond donors (Lipinski definition) is 3. The van der Waals surface area contributed by atoms with Gasteiger partial charge in [0.05, 0.1) is 23.1 Å². The molecule has 2 aromatic carbocycles. The van der Waals surface area contributed by atoms with E-state index in [9.17, 15) is 14.4 Å². The van der Waals surface area contributed by atoms with Gasteiger partial charge in [-0.1, -0.05) is 44.1 Å². The van der Waals surface area contributed by atoms with E-state index in [4.69, 9.17) is 9.51 Å². The summed E-state index contributed by atoms with van der Waals surface area (Å²) in [7, 11) is 1.58. The third-order valence-corrected chi connectivity index (χ3v) is 12.5. The number of amides is 3. The van der Waals surface area contributed by atoms with Gasteiger partial charge >= 0.3 is 17.8 Å². The molecule has 0 spiro atoms. The van der Waals surface area contributed by atoms with Crippen molar-refractivity contribution in [3.8, 4) is 22.6 Å². The van der Waals surface area contributed by atoms with Crippen molar-refractivity contribution in [2.45, 2.75) is 77.4 Å². The average molecular weight is 870 g/mol. The minimum absolute atomic E-state index is 0.0693. The number of rotatable bonds is 13.